The Morgan fingerprint density at radius 1 is 1.15 bits per heavy atom. The van der Waals surface area contributed by atoms with E-state index in [0.717, 1.165) is 61.2 Å². The molecule has 39 heavy (non-hydrogen) atoms. The topological polar surface area (TPSA) is 76.5 Å². The van der Waals surface area contributed by atoms with Gasteiger partial charge in [-0.2, -0.15) is 0 Å². The quantitative estimate of drug-likeness (QED) is 0.249. The number of fused-ring (bicyclic) bond motifs is 1. The largest absolute Gasteiger partial charge is 0.465 e. The summed E-state index contributed by atoms with van der Waals surface area (Å²) in [5.41, 5.74) is 5.39. The monoisotopic (exact) mass is 526 g/mol. The summed E-state index contributed by atoms with van der Waals surface area (Å²) in [6, 6.07) is 20.3. The Bertz CT molecular complexity index is 1380. The summed E-state index contributed by atoms with van der Waals surface area (Å²) < 4.78 is 6.95. The van der Waals surface area contributed by atoms with Crippen molar-refractivity contribution in [2.45, 2.75) is 52.1 Å². The molecule has 2 aromatic heterocycles. The number of rotatable bonds is 7. The van der Waals surface area contributed by atoms with E-state index in [-0.39, 0.29) is 12.0 Å². The minimum atomic E-state index is -0.350. The first kappa shape index (κ1) is 28.0. The Balaban J connectivity index is 0.000000298. The maximum atomic E-state index is 12.1. The van der Waals surface area contributed by atoms with Gasteiger partial charge in [0.25, 0.3) is 0 Å². The van der Waals surface area contributed by atoms with Gasteiger partial charge in [0.15, 0.2) is 0 Å². The van der Waals surface area contributed by atoms with Gasteiger partial charge in [0.05, 0.1) is 18.2 Å². The molecule has 7 nitrogen and oxygen atoms in total. The highest BCUT2D eigenvalue weighted by atomic mass is 16.5. The van der Waals surface area contributed by atoms with E-state index in [4.69, 9.17) is 4.74 Å². The maximum absolute atomic E-state index is 12.1. The third-order valence-corrected chi connectivity index (χ3v) is 7.15. The molecule has 2 aromatic carbocycles. The first-order chi connectivity index (χ1) is 18.9. The van der Waals surface area contributed by atoms with Gasteiger partial charge in [-0.3, -0.25) is 9.69 Å². The van der Waals surface area contributed by atoms with Crippen LogP contribution in [0.25, 0.3) is 16.7 Å². The second kappa shape index (κ2) is 13.2. The number of methoxy groups -OCH3 is 1. The normalized spacial score (nSPS) is 15.5. The van der Waals surface area contributed by atoms with E-state index in [9.17, 15) is 9.59 Å². The summed E-state index contributed by atoms with van der Waals surface area (Å²) in [5, 5.41) is 3.91. The van der Waals surface area contributed by atoms with E-state index >= 15 is 0 Å². The van der Waals surface area contributed by atoms with Crippen molar-refractivity contribution in [2.75, 3.05) is 20.2 Å². The van der Waals surface area contributed by atoms with E-state index in [2.05, 4.69) is 71.0 Å². The predicted molar refractivity (Wildman–Crippen MR) is 155 cm³/mol. The fourth-order valence-electron chi connectivity index (χ4n) is 4.98. The molecule has 1 amide bonds. The van der Waals surface area contributed by atoms with Crippen LogP contribution in [0, 0.1) is 6.92 Å². The number of likely N-dealkylation sites (tertiary alicyclic amines) is 1. The molecule has 0 radical (unpaired) electrons. The molecule has 204 valence electrons. The van der Waals surface area contributed by atoms with Crippen LogP contribution in [-0.2, 0) is 16.1 Å². The lowest BCUT2D eigenvalue weighted by Gasteiger charge is -2.32. The van der Waals surface area contributed by atoms with E-state index in [1.54, 1.807) is 12.3 Å². The number of amides is 1. The summed E-state index contributed by atoms with van der Waals surface area (Å²) in [6.45, 7) is 9.06. The number of nitrogens with zero attached hydrogens (tertiary/aromatic N) is 3. The molecule has 1 unspecified atom stereocenters. The van der Waals surface area contributed by atoms with Crippen LogP contribution in [0.15, 0.2) is 73.1 Å². The van der Waals surface area contributed by atoms with Crippen molar-refractivity contribution in [2.24, 2.45) is 0 Å². The van der Waals surface area contributed by atoms with E-state index in [0.29, 0.717) is 11.5 Å². The zero-order valence-corrected chi connectivity index (χ0v) is 23.3. The highest BCUT2D eigenvalue weighted by Crippen LogP contribution is 2.28. The SMILES string of the molecule is COC(=O)c1ccc2c(c1)c(CN1CCCC(NC=O)C1)cn2-c1ccccn1.Cc1ccc(C(C)C)cc1. The smallest absolute Gasteiger partial charge is 0.337 e. The molecule has 1 saturated heterocycles. The number of piperidine rings is 1. The van der Waals surface area contributed by atoms with Crippen LogP contribution in [0.3, 0.4) is 0 Å². The van der Waals surface area contributed by atoms with Gasteiger partial charge in [0.2, 0.25) is 6.41 Å². The zero-order chi connectivity index (χ0) is 27.8. The van der Waals surface area contributed by atoms with E-state index in [1.807, 2.05) is 30.3 Å². The number of aromatic nitrogens is 2. The van der Waals surface area contributed by atoms with Crippen molar-refractivity contribution >= 4 is 23.3 Å². The molecule has 4 aromatic rings. The molecule has 0 saturated carbocycles. The fraction of sp³-hybridized carbons (Fsp3) is 0.344. The Morgan fingerprint density at radius 2 is 1.95 bits per heavy atom. The number of pyridine rings is 1. The Kier molecular flexibility index (Phi) is 9.49. The molecule has 1 fully saturated rings. The average Bonchev–Trinajstić information content (AvgIpc) is 3.31. The minimum absolute atomic E-state index is 0.177. The van der Waals surface area contributed by atoms with Gasteiger partial charge >= 0.3 is 5.97 Å². The van der Waals surface area contributed by atoms with Crippen molar-refractivity contribution in [3.63, 3.8) is 0 Å². The summed E-state index contributed by atoms with van der Waals surface area (Å²) in [4.78, 5) is 29.7. The molecule has 1 atom stereocenters. The average molecular weight is 527 g/mol. The van der Waals surface area contributed by atoms with Gasteiger partial charge in [0.1, 0.15) is 5.82 Å². The molecule has 1 N–H and O–H groups in total. The second-order valence-corrected chi connectivity index (χ2v) is 10.4. The lowest BCUT2D eigenvalue weighted by atomic mass is 10.0. The third-order valence-electron chi connectivity index (χ3n) is 7.15. The zero-order valence-electron chi connectivity index (χ0n) is 23.3. The van der Waals surface area contributed by atoms with Gasteiger partial charge in [-0.1, -0.05) is 49.7 Å². The number of hydrogen-bond donors (Lipinski definition) is 1. The number of carbonyl (C=O) groups is 2. The third kappa shape index (κ3) is 7.12. The van der Waals surface area contributed by atoms with Crippen molar-refractivity contribution in [3.05, 3.63) is 95.3 Å². The Hall–Kier alpha value is -3.97. The highest BCUT2D eigenvalue weighted by Gasteiger charge is 2.22. The van der Waals surface area contributed by atoms with Crippen LogP contribution in [0.4, 0.5) is 0 Å². The van der Waals surface area contributed by atoms with Gasteiger partial charge in [-0.05, 0) is 73.7 Å². The summed E-state index contributed by atoms with van der Waals surface area (Å²) in [7, 11) is 1.39. The predicted octanol–water partition coefficient (Wildman–Crippen LogP) is 5.64. The number of carbonyl (C=O) groups excluding carboxylic acids is 2. The molecule has 0 spiro atoms. The highest BCUT2D eigenvalue weighted by molar-refractivity contribution is 5.96. The molecular weight excluding hydrogens is 488 g/mol. The molecule has 1 aliphatic rings. The molecule has 0 aliphatic carbocycles. The van der Waals surface area contributed by atoms with Crippen LogP contribution in [-0.4, -0.2) is 53.1 Å². The number of ether oxygens (including phenoxy) is 1. The van der Waals surface area contributed by atoms with Gasteiger partial charge in [0, 0.05) is 36.9 Å². The van der Waals surface area contributed by atoms with Crippen LogP contribution < -0.4 is 5.32 Å². The number of esters is 1. The van der Waals surface area contributed by atoms with Crippen molar-refractivity contribution < 1.29 is 14.3 Å². The lowest BCUT2D eigenvalue weighted by molar-refractivity contribution is -0.110. The van der Waals surface area contributed by atoms with Crippen LogP contribution in [0.2, 0.25) is 0 Å². The van der Waals surface area contributed by atoms with Crippen LogP contribution in [0.5, 0.6) is 0 Å². The minimum Gasteiger partial charge on any atom is -0.465 e. The fourth-order valence-corrected chi connectivity index (χ4v) is 4.98. The molecular formula is C32H38N4O3. The number of hydrogen-bond acceptors (Lipinski definition) is 5. The maximum Gasteiger partial charge on any atom is 0.337 e. The molecule has 1 aliphatic heterocycles. The Labute approximate surface area is 230 Å². The van der Waals surface area contributed by atoms with E-state index in [1.165, 1.54) is 18.2 Å². The van der Waals surface area contributed by atoms with Crippen molar-refractivity contribution in [3.8, 4) is 5.82 Å². The summed E-state index contributed by atoms with van der Waals surface area (Å²) in [6.07, 6.45) is 6.67. The summed E-state index contributed by atoms with van der Waals surface area (Å²) in [5.74, 6) is 1.13. The number of nitrogens with one attached hydrogen (secondary N) is 1. The summed E-state index contributed by atoms with van der Waals surface area (Å²) >= 11 is 0. The molecule has 7 heteroatoms. The molecule has 0 bridgehead atoms. The van der Waals surface area contributed by atoms with Crippen LogP contribution >= 0.6 is 0 Å². The number of aryl methyl sites for hydroxylation is 1. The van der Waals surface area contributed by atoms with Crippen LogP contribution in [0.1, 0.15) is 59.7 Å². The van der Waals surface area contributed by atoms with Gasteiger partial charge < -0.3 is 14.6 Å². The van der Waals surface area contributed by atoms with Gasteiger partial charge in [-0.15, -0.1) is 0 Å². The molecule has 5 rings (SSSR count). The first-order valence-electron chi connectivity index (χ1n) is 13.5. The van der Waals surface area contributed by atoms with Gasteiger partial charge in [-0.25, -0.2) is 9.78 Å². The lowest BCUT2D eigenvalue weighted by Crippen LogP contribution is -2.44. The standard InChI is InChI=1S/C22H24N4O3.C10H14/c1-29-22(28)16-7-8-20-19(11-16)17(13-26(20)21-6-2-3-9-23-21)12-25-10-4-5-18(14-25)24-15-27;1-8(2)10-6-4-9(3)5-7-10/h2-3,6-9,11,13,15,18H,4-5,10,12,14H2,1H3,(H,24,27);4-8H,1-3H3. The first-order valence-corrected chi connectivity index (χ1v) is 13.5. The molecule has 3 heterocycles. The number of benzene rings is 2. The Morgan fingerprint density at radius 3 is 2.62 bits per heavy atom. The second-order valence-electron chi connectivity index (χ2n) is 10.4. The van der Waals surface area contributed by atoms with E-state index < -0.39 is 0 Å². The van der Waals surface area contributed by atoms with Crippen molar-refractivity contribution in [1.29, 1.82) is 0 Å². The van der Waals surface area contributed by atoms with Crippen molar-refractivity contribution in [1.82, 2.24) is 19.8 Å².